The maximum atomic E-state index is 12.0. The second-order valence-corrected chi connectivity index (χ2v) is 2.92. The molecule has 5 heteroatoms. The Morgan fingerprint density at radius 2 is 2.18 bits per heavy atom. The molecule has 0 fully saturated rings. The monoisotopic (exact) mass is 193 g/mol. The molecule has 0 bridgehead atoms. The third kappa shape index (κ3) is 1.70. The largest absolute Gasteiger partial charge is 0.506 e. The van der Waals surface area contributed by atoms with E-state index in [1.54, 1.807) is 0 Å². The van der Waals surface area contributed by atoms with Gasteiger partial charge in [-0.25, -0.2) is 0 Å². The summed E-state index contributed by atoms with van der Waals surface area (Å²) in [5.74, 6) is -0.137. The van der Waals surface area contributed by atoms with Crippen LogP contribution in [0.15, 0.2) is 17.0 Å². The summed E-state index contributed by atoms with van der Waals surface area (Å²) >= 11 is 5.48. The van der Waals surface area contributed by atoms with Crippen molar-refractivity contribution in [3.05, 3.63) is 17.2 Å². The molecule has 0 aliphatic heterocycles. The number of hydrogen-bond acceptors (Lipinski definition) is 3. The number of phenols is 1. The SMILES string of the molecule is Nc1cc(O)c(Cl)cc1SF. The molecule has 0 spiro atoms. The van der Waals surface area contributed by atoms with E-state index in [0.717, 1.165) is 0 Å². The second kappa shape index (κ2) is 3.19. The summed E-state index contributed by atoms with van der Waals surface area (Å²) < 4.78 is 12.0. The smallest absolute Gasteiger partial charge is 0.136 e. The van der Waals surface area contributed by atoms with E-state index in [9.17, 15) is 3.89 Å². The van der Waals surface area contributed by atoms with Gasteiger partial charge in [0.2, 0.25) is 0 Å². The van der Waals surface area contributed by atoms with Crippen LogP contribution in [-0.4, -0.2) is 5.11 Å². The van der Waals surface area contributed by atoms with Crippen molar-refractivity contribution < 1.29 is 8.99 Å². The Kier molecular flexibility index (Phi) is 2.46. The average Bonchev–Trinajstić information content (AvgIpc) is 1.97. The lowest BCUT2D eigenvalue weighted by Gasteiger charge is -2.01. The van der Waals surface area contributed by atoms with Gasteiger partial charge < -0.3 is 10.8 Å². The van der Waals surface area contributed by atoms with E-state index in [1.165, 1.54) is 12.1 Å². The van der Waals surface area contributed by atoms with Gasteiger partial charge in [0.05, 0.1) is 27.8 Å². The minimum Gasteiger partial charge on any atom is -0.506 e. The molecule has 0 heterocycles. The quantitative estimate of drug-likeness (QED) is 0.674. The fourth-order valence-corrected chi connectivity index (χ4v) is 1.17. The van der Waals surface area contributed by atoms with Crippen LogP contribution in [0.3, 0.4) is 0 Å². The number of aromatic hydroxyl groups is 1. The predicted octanol–water partition coefficient (Wildman–Crippen LogP) is 2.60. The van der Waals surface area contributed by atoms with Gasteiger partial charge in [0.25, 0.3) is 0 Å². The van der Waals surface area contributed by atoms with Crippen LogP contribution in [0.2, 0.25) is 5.02 Å². The molecule has 2 nitrogen and oxygen atoms in total. The van der Waals surface area contributed by atoms with E-state index in [4.69, 9.17) is 22.4 Å². The highest BCUT2D eigenvalue weighted by atomic mass is 35.5. The van der Waals surface area contributed by atoms with Gasteiger partial charge in [-0.2, -0.15) is 3.89 Å². The van der Waals surface area contributed by atoms with Gasteiger partial charge >= 0.3 is 0 Å². The zero-order valence-corrected chi connectivity index (χ0v) is 6.92. The summed E-state index contributed by atoms with van der Waals surface area (Å²) in [6, 6.07) is 2.49. The van der Waals surface area contributed by atoms with Crippen molar-refractivity contribution in [1.29, 1.82) is 0 Å². The molecular formula is C6H5ClFNOS. The highest BCUT2D eigenvalue weighted by Gasteiger charge is 2.05. The van der Waals surface area contributed by atoms with Crippen molar-refractivity contribution in [2.45, 2.75) is 4.90 Å². The Labute approximate surface area is 72.5 Å². The van der Waals surface area contributed by atoms with Crippen LogP contribution >= 0.6 is 23.7 Å². The molecule has 1 aromatic carbocycles. The molecule has 1 rings (SSSR count). The molecule has 0 aliphatic rings. The number of phenolic OH excluding ortho intramolecular Hbond substituents is 1. The van der Waals surface area contributed by atoms with Crippen LogP contribution < -0.4 is 5.73 Å². The summed E-state index contributed by atoms with van der Waals surface area (Å²) in [6.45, 7) is 0. The fraction of sp³-hybridized carbons (Fsp3) is 0. The topological polar surface area (TPSA) is 46.2 Å². The van der Waals surface area contributed by atoms with Gasteiger partial charge in [-0.1, -0.05) is 11.6 Å². The minimum absolute atomic E-state index is 0.00227. The third-order valence-corrected chi connectivity index (χ3v) is 1.98. The summed E-state index contributed by atoms with van der Waals surface area (Å²) in [5, 5.41) is 9.07. The number of nitrogens with two attached hydrogens (primary N) is 1. The van der Waals surface area contributed by atoms with Crippen LogP contribution in [0.5, 0.6) is 5.75 Å². The molecule has 0 atom stereocenters. The number of hydrogen-bond donors (Lipinski definition) is 2. The lowest BCUT2D eigenvalue weighted by atomic mass is 10.3. The predicted molar refractivity (Wildman–Crippen MR) is 44.5 cm³/mol. The molecule has 3 N–H and O–H groups in total. The molecule has 60 valence electrons. The standard InChI is InChI=1S/C6H5ClFNOS/c7-3-1-6(11-8)4(9)2-5(3)10/h1-2,10H,9H2. The van der Waals surface area contributed by atoms with E-state index in [-0.39, 0.29) is 33.5 Å². The van der Waals surface area contributed by atoms with E-state index in [1.807, 2.05) is 0 Å². The van der Waals surface area contributed by atoms with Crippen LogP contribution in [0.4, 0.5) is 9.57 Å². The van der Waals surface area contributed by atoms with Crippen molar-refractivity contribution in [1.82, 2.24) is 0 Å². The average molecular weight is 194 g/mol. The van der Waals surface area contributed by atoms with Crippen molar-refractivity contribution in [3.8, 4) is 5.75 Å². The first-order chi connectivity index (χ1) is 5.15. The lowest BCUT2D eigenvalue weighted by Crippen LogP contribution is -1.86. The summed E-state index contributed by atoms with van der Waals surface area (Å²) in [7, 11) is 0. The number of halogens is 2. The molecule has 0 aliphatic carbocycles. The van der Waals surface area contributed by atoms with Crippen molar-refractivity contribution in [2.24, 2.45) is 0 Å². The highest BCUT2D eigenvalue weighted by Crippen LogP contribution is 2.34. The highest BCUT2D eigenvalue weighted by molar-refractivity contribution is 7.94. The van der Waals surface area contributed by atoms with Gasteiger partial charge in [0.15, 0.2) is 0 Å². The maximum Gasteiger partial charge on any atom is 0.136 e. The molecule has 0 unspecified atom stereocenters. The Bertz CT molecular complexity index is 282. The summed E-state index contributed by atoms with van der Waals surface area (Å²) in [5.41, 5.74) is 5.50. The van der Waals surface area contributed by atoms with Crippen LogP contribution in [0.25, 0.3) is 0 Å². The van der Waals surface area contributed by atoms with Crippen LogP contribution in [0.1, 0.15) is 0 Å². The molecular weight excluding hydrogens is 189 g/mol. The van der Waals surface area contributed by atoms with Crippen LogP contribution in [0, 0.1) is 0 Å². The first kappa shape index (κ1) is 8.49. The minimum atomic E-state index is -0.137. The van der Waals surface area contributed by atoms with Crippen molar-refractivity contribution in [2.75, 3.05) is 5.73 Å². The van der Waals surface area contributed by atoms with E-state index in [2.05, 4.69) is 0 Å². The molecule has 1 aromatic rings. The van der Waals surface area contributed by atoms with E-state index >= 15 is 0 Å². The van der Waals surface area contributed by atoms with Crippen LogP contribution in [-0.2, 0) is 0 Å². The fourth-order valence-electron chi connectivity index (χ4n) is 0.627. The third-order valence-electron chi connectivity index (χ3n) is 1.16. The summed E-state index contributed by atoms with van der Waals surface area (Å²) in [4.78, 5) is 0.216. The zero-order chi connectivity index (χ0) is 8.43. The lowest BCUT2D eigenvalue weighted by molar-refractivity contribution is 0.475. The number of anilines is 1. The Hall–Kier alpha value is -0.610. The normalized spacial score (nSPS) is 10.0. The molecule has 0 saturated carbocycles. The maximum absolute atomic E-state index is 12.0. The number of benzene rings is 1. The molecule has 0 aromatic heterocycles. The van der Waals surface area contributed by atoms with Gasteiger partial charge in [-0.15, -0.1) is 0 Å². The van der Waals surface area contributed by atoms with E-state index in [0.29, 0.717) is 0 Å². The Balaban J connectivity index is 3.21. The molecule has 0 amide bonds. The summed E-state index contributed by atoms with van der Waals surface area (Å²) in [6.07, 6.45) is 0. The number of rotatable bonds is 1. The first-order valence-corrected chi connectivity index (χ1v) is 3.81. The second-order valence-electron chi connectivity index (χ2n) is 1.92. The van der Waals surface area contributed by atoms with Gasteiger partial charge in [-0.3, -0.25) is 0 Å². The molecule has 0 saturated heterocycles. The number of nitrogen functional groups attached to an aromatic ring is 1. The van der Waals surface area contributed by atoms with Gasteiger partial charge in [-0.05, 0) is 6.07 Å². The zero-order valence-electron chi connectivity index (χ0n) is 5.34. The first-order valence-electron chi connectivity index (χ1n) is 2.71. The molecule has 0 radical (unpaired) electrons. The Morgan fingerprint density at radius 1 is 1.55 bits per heavy atom. The van der Waals surface area contributed by atoms with Crippen molar-refractivity contribution >= 4 is 29.4 Å². The van der Waals surface area contributed by atoms with Gasteiger partial charge in [0.1, 0.15) is 5.75 Å². The molecule has 11 heavy (non-hydrogen) atoms. The van der Waals surface area contributed by atoms with Gasteiger partial charge in [0, 0.05) is 6.07 Å². The van der Waals surface area contributed by atoms with Crippen molar-refractivity contribution in [3.63, 3.8) is 0 Å². The Morgan fingerprint density at radius 3 is 2.73 bits per heavy atom. The van der Waals surface area contributed by atoms with E-state index < -0.39 is 0 Å².